The fourth-order valence-electron chi connectivity index (χ4n) is 12.0. The second kappa shape index (κ2) is 43.3. The Labute approximate surface area is 562 Å². The van der Waals surface area contributed by atoms with E-state index in [0.29, 0.717) is 85.0 Å². The molecule has 0 unspecified atom stereocenters. The van der Waals surface area contributed by atoms with Crippen molar-refractivity contribution in [1.29, 1.82) is 0 Å². The minimum Gasteiger partial charge on any atom is -0.493 e. The second-order valence-corrected chi connectivity index (χ2v) is 25.6. The van der Waals surface area contributed by atoms with Crippen LogP contribution in [0.1, 0.15) is 297 Å². The second-order valence-electron chi connectivity index (χ2n) is 25.6. The number of benzene rings is 4. The maximum Gasteiger partial charge on any atom is 0.274 e. The Morgan fingerprint density at radius 3 is 0.691 bits per heavy atom. The molecule has 4 amide bonds. The molecular formula is C80H110N6O8. The number of carbonyl (C=O) groups is 4. The van der Waals surface area contributed by atoms with E-state index in [2.05, 4.69) is 58.9 Å². The minimum absolute atomic E-state index is 0.0642. The maximum absolute atomic E-state index is 14.3. The predicted octanol–water partition coefficient (Wildman–Crippen LogP) is 21.1. The van der Waals surface area contributed by atoms with Gasteiger partial charge in [-0.2, -0.15) is 0 Å². The normalized spacial score (nSPS) is 12.6. The number of nitrogens with one attached hydrogen (secondary N) is 4. The van der Waals surface area contributed by atoms with Crippen molar-refractivity contribution in [2.75, 3.05) is 47.7 Å². The number of hydrogen-bond acceptors (Lipinski definition) is 10. The molecule has 0 spiro atoms. The van der Waals surface area contributed by atoms with Gasteiger partial charge in [-0.3, -0.25) is 19.2 Å². The molecule has 0 saturated carbocycles. The van der Waals surface area contributed by atoms with E-state index in [-0.39, 0.29) is 22.8 Å². The zero-order chi connectivity index (χ0) is 66.2. The van der Waals surface area contributed by atoms with Gasteiger partial charge in [0, 0.05) is 57.8 Å². The Morgan fingerprint density at radius 2 is 0.479 bits per heavy atom. The molecule has 0 atom stereocenters. The summed E-state index contributed by atoms with van der Waals surface area (Å²) in [5.41, 5.74) is 5.48. The molecule has 1 aliphatic rings. The number of fused-ring (bicyclic) bond motifs is 12. The lowest BCUT2D eigenvalue weighted by Crippen LogP contribution is -2.19. The number of hydrogen-bond donors (Lipinski definition) is 4. The summed E-state index contributed by atoms with van der Waals surface area (Å²) in [6.45, 7) is 11.0. The number of amides is 4. The average Bonchev–Trinajstić information content (AvgIpc) is 0.870. The van der Waals surface area contributed by atoms with Crippen molar-refractivity contribution in [3.63, 3.8) is 0 Å². The van der Waals surface area contributed by atoms with Gasteiger partial charge in [0.15, 0.2) is 0 Å². The first-order chi connectivity index (χ1) is 46.1. The molecule has 2 aromatic heterocycles. The number of unbranched alkanes of at least 4 members (excludes halogenated alkanes) is 28. The van der Waals surface area contributed by atoms with Gasteiger partial charge in [0.1, 0.15) is 45.8 Å². The van der Waals surface area contributed by atoms with Gasteiger partial charge in [0.2, 0.25) is 0 Å². The SMILES string of the molecule is CCCCCCCCCCOc1ccc2cc1Cc1cc(ccc1OCCCCCCCCCC)NC(=O)c1cccc(n1)C(=O)Nc1ccc(OCCCCCCCCCC)c(c1)Cc1cc(ccc1OCCCCCCCCCC)NC(=O)c1cccc(n1)C(=O)N2. The van der Waals surface area contributed by atoms with Gasteiger partial charge < -0.3 is 40.2 Å². The predicted molar refractivity (Wildman–Crippen MR) is 384 cm³/mol. The van der Waals surface area contributed by atoms with Crippen LogP contribution in [-0.4, -0.2) is 60.0 Å². The largest absolute Gasteiger partial charge is 0.493 e. The van der Waals surface area contributed by atoms with Crippen molar-refractivity contribution in [3.8, 4) is 23.0 Å². The molecule has 4 N–H and O–H groups in total. The first-order valence-corrected chi connectivity index (χ1v) is 36.4. The molecule has 1 aliphatic heterocycles. The van der Waals surface area contributed by atoms with Crippen LogP contribution in [-0.2, 0) is 12.8 Å². The van der Waals surface area contributed by atoms with Gasteiger partial charge in [-0.15, -0.1) is 0 Å². The average molecular weight is 1280 g/mol. The number of aromatic nitrogens is 2. The van der Waals surface area contributed by atoms with E-state index in [1.807, 2.05) is 72.8 Å². The zero-order valence-corrected chi connectivity index (χ0v) is 57.4. The van der Waals surface area contributed by atoms with E-state index >= 15 is 0 Å². The Bertz CT molecular complexity index is 2820. The van der Waals surface area contributed by atoms with Gasteiger partial charge >= 0.3 is 0 Å². The number of rotatable bonds is 40. The van der Waals surface area contributed by atoms with Crippen molar-refractivity contribution in [2.24, 2.45) is 0 Å². The molecule has 3 heterocycles. The van der Waals surface area contributed by atoms with Crippen LogP contribution in [0.15, 0.2) is 109 Å². The van der Waals surface area contributed by atoms with Crippen molar-refractivity contribution in [1.82, 2.24) is 9.97 Å². The van der Waals surface area contributed by atoms with E-state index in [1.165, 1.54) is 128 Å². The van der Waals surface area contributed by atoms with Crippen LogP contribution in [0.4, 0.5) is 22.7 Å². The Morgan fingerprint density at radius 1 is 0.277 bits per heavy atom. The molecule has 14 nitrogen and oxygen atoms in total. The lowest BCUT2D eigenvalue weighted by atomic mass is 10.0. The smallest absolute Gasteiger partial charge is 0.274 e. The standard InChI is InChI=1S/C80H110N6O8/c1-5-9-13-17-21-25-29-33-51-91-73-47-43-65-57-61(73)55-62-58-66(44-48-74(62)92-52-34-30-26-22-18-14-10-6-2)82-78(88)70-41-38-42-72(86-70)80(90)84-68-46-50-76(94-54-36-32-28-24-20-16-12-8-4)64(60-68)56-63-59-67(83-79(89)71-40-37-39-69(85-71)77(87)81-65)45-49-75(63)93-53-35-31-27-23-19-15-11-7-3/h37-50,57-60H,5-36,51-56H2,1-4H3,(H,81,87)(H,82,88)(H,83,89)(H,84,90). The number of anilines is 4. The van der Waals surface area contributed by atoms with Crippen LogP contribution >= 0.6 is 0 Å². The monoisotopic (exact) mass is 1280 g/mol. The molecule has 0 saturated heterocycles. The first kappa shape index (κ1) is 73.7. The molecule has 7 rings (SSSR count). The fourth-order valence-corrected chi connectivity index (χ4v) is 12.0. The Kier molecular flexibility index (Phi) is 33.9. The number of carbonyl (C=O) groups excluding carboxylic acids is 4. The van der Waals surface area contributed by atoms with Crippen molar-refractivity contribution >= 4 is 46.4 Å². The van der Waals surface area contributed by atoms with Crippen LogP contribution in [0.2, 0.25) is 0 Å². The molecule has 0 aliphatic carbocycles. The quantitative estimate of drug-likeness (QED) is 0.0271. The number of pyridine rings is 2. The van der Waals surface area contributed by atoms with Crippen LogP contribution < -0.4 is 40.2 Å². The summed E-state index contributed by atoms with van der Waals surface area (Å²) in [6.07, 6.45) is 38.0. The van der Waals surface area contributed by atoms with Crippen LogP contribution in [0.25, 0.3) is 0 Å². The van der Waals surface area contributed by atoms with Crippen LogP contribution in [0.5, 0.6) is 23.0 Å². The Hall–Kier alpha value is -7.74. The minimum atomic E-state index is -0.489. The summed E-state index contributed by atoms with van der Waals surface area (Å²) in [7, 11) is 0. The summed E-state index contributed by atoms with van der Waals surface area (Å²) < 4.78 is 26.3. The number of nitrogens with zero attached hydrogens (tertiary/aromatic N) is 2. The van der Waals surface area contributed by atoms with Gasteiger partial charge in [-0.05, 0) is 123 Å². The fraction of sp³-hybridized carbons (Fsp3) is 0.525. The molecule has 14 heteroatoms. The molecule has 12 bridgehead atoms. The Balaban J connectivity index is 1.21. The third-order valence-electron chi connectivity index (χ3n) is 17.5. The number of ether oxygens (including phenoxy) is 4. The maximum atomic E-state index is 14.3. The van der Waals surface area contributed by atoms with E-state index in [9.17, 15) is 19.2 Å². The first-order valence-electron chi connectivity index (χ1n) is 36.4. The summed E-state index contributed by atoms with van der Waals surface area (Å²) >= 11 is 0. The zero-order valence-electron chi connectivity index (χ0n) is 57.4. The molecule has 0 fully saturated rings. The van der Waals surface area contributed by atoms with Crippen LogP contribution in [0, 0.1) is 0 Å². The summed E-state index contributed by atoms with van der Waals surface area (Å²) in [5, 5.41) is 12.2. The van der Waals surface area contributed by atoms with Crippen molar-refractivity contribution < 1.29 is 38.1 Å². The summed E-state index contributed by atoms with van der Waals surface area (Å²) in [4.78, 5) is 66.4. The van der Waals surface area contributed by atoms with Gasteiger partial charge in [-0.1, -0.05) is 220 Å². The lowest BCUT2D eigenvalue weighted by molar-refractivity contribution is 0.0998. The summed E-state index contributed by atoms with van der Waals surface area (Å²) in [6, 6.07) is 32.1. The van der Waals surface area contributed by atoms with E-state index in [0.717, 1.165) is 99.3 Å². The highest BCUT2D eigenvalue weighted by Gasteiger charge is 2.21. The molecule has 0 radical (unpaired) electrons. The lowest BCUT2D eigenvalue weighted by Gasteiger charge is -2.18. The third-order valence-corrected chi connectivity index (χ3v) is 17.5. The van der Waals surface area contributed by atoms with Gasteiger partial charge in [0.25, 0.3) is 23.6 Å². The molecule has 508 valence electrons. The summed E-state index contributed by atoms with van der Waals surface area (Å²) in [5.74, 6) is 0.716. The van der Waals surface area contributed by atoms with Crippen molar-refractivity contribution in [2.45, 2.75) is 246 Å². The van der Waals surface area contributed by atoms with E-state index in [4.69, 9.17) is 18.9 Å². The highest BCUT2D eigenvalue weighted by atomic mass is 16.5. The molecular weight excluding hydrogens is 1170 g/mol. The molecule has 94 heavy (non-hydrogen) atoms. The highest BCUT2D eigenvalue weighted by molar-refractivity contribution is 6.07. The van der Waals surface area contributed by atoms with Crippen molar-refractivity contribution in [3.05, 3.63) is 154 Å². The van der Waals surface area contributed by atoms with Gasteiger partial charge in [0.05, 0.1) is 26.4 Å². The van der Waals surface area contributed by atoms with Crippen LogP contribution in [0.3, 0.4) is 0 Å². The van der Waals surface area contributed by atoms with Gasteiger partial charge in [-0.25, -0.2) is 9.97 Å². The topological polar surface area (TPSA) is 179 Å². The van der Waals surface area contributed by atoms with E-state index < -0.39 is 23.6 Å². The van der Waals surface area contributed by atoms with E-state index in [1.54, 1.807) is 36.4 Å². The third kappa shape index (κ3) is 26.6. The highest BCUT2D eigenvalue weighted by Crippen LogP contribution is 2.35. The molecule has 4 aromatic carbocycles. The molecule has 6 aromatic rings.